The van der Waals surface area contributed by atoms with E-state index in [0.717, 1.165) is 11.3 Å². The number of thiophene rings is 1. The van der Waals surface area contributed by atoms with Gasteiger partial charge in [-0.1, -0.05) is 17.7 Å². The van der Waals surface area contributed by atoms with Crippen LogP contribution in [0.4, 0.5) is 5.00 Å². The molecule has 0 bridgehead atoms. The SMILES string of the molecule is CCOC(=O)c1sc(N)c(C#N)c1COC(=O)C=Cc1ccc(OC)c(Cl)c1. The molecule has 0 saturated carbocycles. The van der Waals surface area contributed by atoms with Gasteiger partial charge in [-0.15, -0.1) is 11.3 Å². The smallest absolute Gasteiger partial charge is 0.348 e. The lowest BCUT2D eigenvalue weighted by Crippen LogP contribution is -2.08. The third-order valence-corrected chi connectivity index (χ3v) is 4.89. The molecule has 1 aromatic heterocycles. The summed E-state index contributed by atoms with van der Waals surface area (Å²) in [7, 11) is 1.51. The molecule has 0 spiro atoms. The van der Waals surface area contributed by atoms with E-state index in [0.29, 0.717) is 16.3 Å². The minimum absolute atomic E-state index is 0.103. The fourth-order valence-electron chi connectivity index (χ4n) is 2.25. The van der Waals surface area contributed by atoms with E-state index in [1.807, 2.05) is 6.07 Å². The number of hydrogen-bond acceptors (Lipinski definition) is 8. The van der Waals surface area contributed by atoms with Crippen molar-refractivity contribution < 1.29 is 23.8 Å². The fourth-order valence-corrected chi connectivity index (χ4v) is 3.43. The summed E-state index contributed by atoms with van der Waals surface area (Å²) >= 11 is 6.96. The number of esters is 2. The largest absolute Gasteiger partial charge is 0.495 e. The van der Waals surface area contributed by atoms with Gasteiger partial charge in [0.05, 0.1) is 24.3 Å². The number of benzene rings is 1. The third-order valence-electron chi connectivity index (χ3n) is 3.55. The molecule has 0 unspecified atom stereocenters. The Kier molecular flexibility index (Phi) is 7.44. The molecule has 0 atom stereocenters. The Morgan fingerprint density at radius 1 is 1.36 bits per heavy atom. The number of anilines is 1. The minimum Gasteiger partial charge on any atom is -0.495 e. The van der Waals surface area contributed by atoms with Crippen molar-refractivity contribution in [1.82, 2.24) is 0 Å². The molecule has 2 aromatic rings. The minimum atomic E-state index is -0.657. The second kappa shape index (κ2) is 9.78. The number of carbonyl (C=O) groups is 2. The van der Waals surface area contributed by atoms with Crippen molar-refractivity contribution in [3.05, 3.63) is 50.9 Å². The number of carbonyl (C=O) groups excluding carboxylic acids is 2. The molecule has 0 aliphatic rings. The maximum absolute atomic E-state index is 12.0. The molecule has 0 fully saturated rings. The van der Waals surface area contributed by atoms with Gasteiger partial charge in [0.15, 0.2) is 0 Å². The summed E-state index contributed by atoms with van der Waals surface area (Å²) in [6.45, 7) is 1.55. The van der Waals surface area contributed by atoms with Gasteiger partial charge in [0.1, 0.15) is 28.3 Å². The van der Waals surface area contributed by atoms with Gasteiger partial charge in [-0.05, 0) is 30.7 Å². The van der Waals surface area contributed by atoms with Gasteiger partial charge in [0.25, 0.3) is 0 Å². The van der Waals surface area contributed by atoms with E-state index >= 15 is 0 Å². The number of nitrogens with two attached hydrogens (primary N) is 1. The highest BCUT2D eigenvalue weighted by Crippen LogP contribution is 2.32. The molecule has 1 heterocycles. The van der Waals surface area contributed by atoms with Crippen molar-refractivity contribution >= 4 is 46.0 Å². The van der Waals surface area contributed by atoms with Crippen LogP contribution in [0.1, 0.15) is 33.3 Å². The van der Waals surface area contributed by atoms with E-state index in [1.165, 1.54) is 19.3 Å². The topological polar surface area (TPSA) is 112 Å². The summed E-state index contributed by atoms with van der Waals surface area (Å²) in [6.07, 6.45) is 2.73. The number of methoxy groups -OCH3 is 1. The average Bonchev–Trinajstić information content (AvgIpc) is 3.00. The third kappa shape index (κ3) is 5.03. The molecule has 0 aliphatic carbocycles. The highest BCUT2D eigenvalue weighted by atomic mass is 35.5. The molecule has 146 valence electrons. The first-order valence-corrected chi connectivity index (χ1v) is 9.27. The van der Waals surface area contributed by atoms with Gasteiger partial charge in [0.2, 0.25) is 0 Å². The van der Waals surface area contributed by atoms with E-state index < -0.39 is 11.9 Å². The van der Waals surface area contributed by atoms with Crippen molar-refractivity contribution in [2.24, 2.45) is 0 Å². The lowest BCUT2D eigenvalue weighted by molar-refractivity contribution is -0.138. The maximum Gasteiger partial charge on any atom is 0.348 e. The number of halogens is 1. The summed E-state index contributed by atoms with van der Waals surface area (Å²) in [4.78, 5) is 24.2. The molecule has 7 nitrogen and oxygen atoms in total. The number of ether oxygens (including phenoxy) is 3. The van der Waals surface area contributed by atoms with Crippen molar-refractivity contribution in [3.8, 4) is 11.8 Å². The summed E-state index contributed by atoms with van der Waals surface area (Å²) in [5.41, 5.74) is 6.79. The van der Waals surface area contributed by atoms with Crippen LogP contribution in [0.3, 0.4) is 0 Å². The Balaban J connectivity index is 2.11. The molecule has 2 N–H and O–H groups in total. The van der Waals surface area contributed by atoms with E-state index in [2.05, 4.69) is 0 Å². The molecule has 0 radical (unpaired) electrons. The predicted molar refractivity (Wildman–Crippen MR) is 106 cm³/mol. The number of nitrogens with zero attached hydrogens (tertiary/aromatic N) is 1. The molecule has 1 aromatic carbocycles. The van der Waals surface area contributed by atoms with E-state index in [1.54, 1.807) is 25.1 Å². The standard InChI is InChI=1S/C19H17ClN2O5S/c1-3-26-19(24)17-13(12(9-21)18(22)28-17)10-27-16(23)7-5-11-4-6-15(25-2)14(20)8-11/h4-8H,3,10,22H2,1-2H3. The Morgan fingerprint density at radius 3 is 2.71 bits per heavy atom. The highest BCUT2D eigenvalue weighted by Gasteiger charge is 2.23. The Labute approximate surface area is 170 Å². The van der Waals surface area contributed by atoms with E-state index in [4.69, 9.17) is 31.5 Å². The Hall–Kier alpha value is -3.02. The van der Waals surface area contributed by atoms with Gasteiger partial charge < -0.3 is 19.9 Å². The normalized spacial score (nSPS) is 10.5. The highest BCUT2D eigenvalue weighted by molar-refractivity contribution is 7.18. The Morgan fingerprint density at radius 2 is 2.11 bits per heavy atom. The zero-order chi connectivity index (χ0) is 20.7. The van der Waals surface area contributed by atoms with Gasteiger partial charge in [-0.3, -0.25) is 0 Å². The second-order valence-electron chi connectivity index (χ2n) is 5.32. The van der Waals surface area contributed by atoms with Crippen LogP contribution in [0.2, 0.25) is 5.02 Å². The second-order valence-corrected chi connectivity index (χ2v) is 6.78. The zero-order valence-corrected chi connectivity index (χ0v) is 16.7. The van der Waals surface area contributed by atoms with Crippen molar-refractivity contribution in [3.63, 3.8) is 0 Å². The quantitative estimate of drug-likeness (QED) is 0.535. The first kappa shape index (κ1) is 21.3. The van der Waals surface area contributed by atoms with Crippen LogP contribution in [0.15, 0.2) is 24.3 Å². The molecule has 28 heavy (non-hydrogen) atoms. The van der Waals surface area contributed by atoms with Crippen LogP contribution in [0, 0.1) is 11.3 Å². The van der Waals surface area contributed by atoms with Crippen LogP contribution in [-0.4, -0.2) is 25.7 Å². The predicted octanol–water partition coefficient (Wildman–Crippen LogP) is 3.80. The summed E-state index contributed by atoms with van der Waals surface area (Å²) < 4.78 is 15.2. The van der Waals surface area contributed by atoms with Crippen LogP contribution in [0.5, 0.6) is 5.75 Å². The van der Waals surface area contributed by atoms with Gasteiger partial charge >= 0.3 is 11.9 Å². The molecule has 0 aliphatic heterocycles. The maximum atomic E-state index is 12.0. The van der Waals surface area contributed by atoms with Crippen LogP contribution in [0.25, 0.3) is 6.08 Å². The number of nitrogen functional groups attached to an aromatic ring is 1. The summed E-state index contributed by atoms with van der Waals surface area (Å²) in [5.74, 6) is -0.752. The molecule has 0 saturated heterocycles. The summed E-state index contributed by atoms with van der Waals surface area (Å²) in [5, 5.41) is 9.83. The van der Waals surface area contributed by atoms with Crippen LogP contribution in [-0.2, 0) is 20.9 Å². The first-order valence-electron chi connectivity index (χ1n) is 8.08. The number of rotatable bonds is 7. The number of nitriles is 1. The van der Waals surface area contributed by atoms with Crippen molar-refractivity contribution in [1.29, 1.82) is 5.26 Å². The fraction of sp³-hybridized carbons (Fsp3) is 0.211. The molecule has 9 heteroatoms. The van der Waals surface area contributed by atoms with Crippen LogP contribution < -0.4 is 10.5 Å². The van der Waals surface area contributed by atoms with Gasteiger partial charge in [-0.2, -0.15) is 5.26 Å². The summed E-state index contributed by atoms with van der Waals surface area (Å²) in [6, 6.07) is 6.95. The average molecular weight is 421 g/mol. The van der Waals surface area contributed by atoms with E-state index in [9.17, 15) is 14.9 Å². The van der Waals surface area contributed by atoms with E-state index in [-0.39, 0.29) is 34.2 Å². The molecular formula is C19H17ClN2O5S. The van der Waals surface area contributed by atoms with Crippen molar-refractivity contribution in [2.75, 3.05) is 19.5 Å². The lowest BCUT2D eigenvalue weighted by atomic mass is 10.1. The lowest BCUT2D eigenvalue weighted by Gasteiger charge is -2.05. The monoisotopic (exact) mass is 420 g/mol. The first-order chi connectivity index (χ1) is 13.4. The zero-order valence-electron chi connectivity index (χ0n) is 15.2. The molecule has 0 amide bonds. The Bertz CT molecular complexity index is 962. The molecule has 2 rings (SSSR count). The van der Waals surface area contributed by atoms with Gasteiger partial charge in [0, 0.05) is 11.6 Å². The van der Waals surface area contributed by atoms with Crippen molar-refractivity contribution in [2.45, 2.75) is 13.5 Å². The van der Waals surface area contributed by atoms with Crippen LogP contribution >= 0.6 is 22.9 Å². The number of hydrogen-bond donors (Lipinski definition) is 1. The van der Waals surface area contributed by atoms with Gasteiger partial charge in [-0.25, -0.2) is 9.59 Å². The molecular weight excluding hydrogens is 404 g/mol.